The van der Waals surface area contributed by atoms with E-state index in [0.717, 1.165) is 29.7 Å². The smallest absolute Gasteiger partial charge is 0.291 e. The van der Waals surface area contributed by atoms with Gasteiger partial charge < -0.3 is 4.74 Å². The van der Waals surface area contributed by atoms with Crippen molar-refractivity contribution >= 4 is 46.1 Å². The highest BCUT2D eigenvalue weighted by Gasteiger charge is 2.09. The molecule has 30 heavy (non-hydrogen) atoms. The van der Waals surface area contributed by atoms with Crippen molar-refractivity contribution in [3.63, 3.8) is 0 Å². The van der Waals surface area contributed by atoms with E-state index in [-0.39, 0.29) is 5.56 Å². The molecule has 0 bridgehead atoms. The minimum atomic E-state index is -0.170. The van der Waals surface area contributed by atoms with Gasteiger partial charge in [-0.2, -0.15) is 9.50 Å². The van der Waals surface area contributed by atoms with Crippen LogP contribution >= 0.6 is 22.9 Å². The number of unbranched alkanes of at least 4 members (excludes halogenated alkanes) is 1. The molecule has 0 radical (unpaired) electrons. The van der Waals surface area contributed by atoms with E-state index in [1.165, 1.54) is 15.9 Å². The second-order valence-corrected chi connectivity index (χ2v) is 8.18. The first kappa shape index (κ1) is 20.3. The molecule has 5 nitrogen and oxygen atoms in total. The van der Waals surface area contributed by atoms with Crippen molar-refractivity contribution in [3.05, 3.63) is 85.4 Å². The Morgan fingerprint density at radius 3 is 2.50 bits per heavy atom. The molecule has 2 aromatic heterocycles. The van der Waals surface area contributed by atoms with Crippen molar-refractivity contribution in [1.29, 1.82) is 0 Å². The Bertz CT molecular complexity index is 1280. The van der Waals surface area contributed by atoms with Gasteiger partial charge in [-0.05, 0) is 54.0 Å². The van der Waals surface area contributed by atoms with Crippen molar-refractivity contribution in [1.82, 2.24) is 14.6 Å². The predicted molar refractivity (Wildman–Crippen MR) is 123 cm³/mol. The lowest BCUT2D eigenvalue weighted by Gasteiger charge is -2.04. The number of benzene rings is 2. The van der Waals surface area contributed by atoms with Gasteiger partial charge in [0.1, 0.15) is 5.75 Å². The quantitative estimate of drug-likeness (QED) is 0.393. The maximum Gasteiger partial charge on any atom is 0.291 e. The van der Waals surface area contributed by atoms with Gasteiger partial charge in [0.05, 0.1) is 11.1 Å². The van der Waals surface area contributed by atoms with Crippen LogP contribution in [0.1, 0.15) is 36.7 Å². The molecule has 2 heterocycles. The Morgan fingerprint density at radius 1 is 1.07 bits per heavy atom. The molecule has 0 aliphatic carbocycles. The highest BCUT2D eigenvalue weighted by Crippen LogP contribution is 2.14. The van der Waals surface area contributed by atoms with Crippen molar-refractivity contribution < 1.29 is 4.74 Å². The van der Waals surface area contributed by atoms with Crippen LogP contribution in [-0.4, -0.2) is 21.2 Å². The molecule has 4 rings (SSSR count). The van der Waals surface area contributed by atoms with Gasteiger partial charge in [-0.25, -0.2) is 0 Å². The molecule has 0 N–H and O–H groups in total. The van der Waals surface area contributed by atoms with E-state index in [0.29, 0.717) is 26.9 Å². The summed E-state index contributed by atoms with van der Waals surface area (Å²) >= 11 is 7.22. The summed E-state index contributed by atoms with van der Waals surface area (Å²) in [7, 11) is 0. The number of hydrogen-bond acceptors (Lipinski definition) is 5. The van der Waals surface area contributed by atoms with Crippen LogP contribution in [0.5, 0.6) is 5.75 Å². The molecule has 0 unspecified atom stereocenters. The minimum Gasteiger partial charge on any atom is -0.494 e. The Kier molecular flexibility index (Phi) is 6.26. The molecule has 7 heteroatoms. The van der Waals surface area contributed by atoms with Crippen LogP contribution in [0.3, 0.4) is 0 Å². The van der Waals surface area contributed by atoms with Gasteiger partial charge >= 0.3 is 0 Å². The van der Waals surface area contributed by atoms with Crippen LogP contribution in [0.4, 0.5) is 0 Å². The lowest BCUT2D eigenvalue weighted by Crippen LogP contribution is -2.23. The minimum absolute atomic E-state index is 0.170. The number of aromatic nitrogens is 3. The van der Waals surface area contributed by atoms with Crippen LogP contribution in [0.15, 0.2) is 53.3 Å². The van der Waals surface area contributed by atoms with E-state index in [4.69, 9.17) is 16.3 Å². The van der Waals surface area contributed by atoms with Gasteiger partial charge in [0.25, 0.3) is 5.56 Å². The summed E-state index contributed by atoms with van der Waals surface area (Å²) in [6, 6.07) is 15.2. The first-order chi connectivity index (χ1) is 14.6. The maximum atomic E-state index is 12.7. The zero-order chi connectivity index (χ0) is 20.9. The molecule has 0 saturated carbocycles. The molecule has 0 spiro atoms. The molecule has 0 saturated heterocycles. The van der Waals surface area contributed by atoms with Crippen LogP contribution in [0, 0.1) is 0 Å². The SMILES string of the molecule is CCCCOc1ccc(C=c2sc3nc(C=Cc4ccc(Cl)cc4)nn3c2=O)cc1. The molecule has 0 aliphatic heterocycles. The number of fused-ring (bicyclic) bond motifs is 1. The van der Waals surface area contributed by atoms with Gasteiger partial charge in [0, 0.05) is 5.02 Å². The van der Waals surface area contributed by atoms with Gasteiger partial charge in [-0.15, -0.1) is 5.10 Å². The van der Waals surface area contributed by atoms with E-state index in [2.05, 4.69) is 17.0 Å². The monoisotopic (exact) mass is 437 g/mol. The number of halogens is 1. The topological polar surface area (TPSA) is 56.5 Å². The first-order valence-electron chi connectivity index (χ1n) is 9.70. The van der Waals surface area contributed by atoms with Crippen molar-refractivity contribution in [2.45, 2.75) is 19.8 Å². The maximum absolute atomic E-state index is 12.7. The van der Waals surface area contributed by atoms with E-state index in [1.54, 1.807) is 6.08 Å². The van der Waals surface area contributed by atoms with Crippen molar-refractivity contribution in [2.75, 3.05) is 6.61 Å². The largest absolute Gasteiger partial charge is 0.494 e. The van der Waals surface area contributed by atoms with Crippen LogP contribution in [0.25, 0.3) is 23.2 Å². The third-order valence-corrected chi connectivity index (χ3v) is 5.65. The summed E-state index contributed by atoms with van der Waals surface area (Å²) in [5, 5.41) is 5.00. The second-order valence-electron chi connectivity index (χ2n) is 6.74. The molecule has 0 fully saturated rings. The average molecular weight is 438 g/mol. The summed E-state index contributed by atoms with van der Waals surface area (Å²) in [6.45, 7) is 2.85. The molecule has 0 atom stereocenters. The fourth-order valence-corrected chi connectivity index (χ4v) is 3.85. The van der Waals surface area contributed by atoms with E-state index < -0.39 is 0 Å². The normalized spacial score (nSPS) is 12.3. The summed E-state index contributed by atoms with van der Waals surface area (Å²) in [6.07, 6.45) is 7.65. The van der Waals surface area contributed by atoms with Crippen LogP contribution < -0.4 is 14.8 Å². The highest BCUT2D eigenvalue weighted by molar-refractivity contribution is 7.15. The van der Waals surface area contributed by atoms with E-state index in [9.17, 15) is 4.79 Å². The standard InChI is InChI=1S/C23H20ClN3O2S/c1-2-3-14-29-19-11-6-17(7-12-19)15-20-22(28)27-23(30-20)25-21(26-27)13-8-16-4-9-18(24)10-5-16/h4-13,15H,2-3,14H2,1H3. The predicted octanol–water partition coefficient (Wildman–Crippen LogP) is 4.70. The molecular formula is C23H20ClN3O2S. The van der Waals surface area contributed by atoms with Gasteiger partial charge in [0.2, 0.25) is 4.96 Å². The second kappa shape index (κ2) is 9.24. The number of rotatable bonds is 7. The fraction of sp³-hybridized carbons (Fsp3) is 0.174. The lowest BCUT2D eigenvalue weighted by atomic mass is 10.2. The Balaban J connectivity index is 1.53. The van der Waals surface area contributed by atoms with Crippen molar-refractivity contribution in [3.8, 4) is 5.75 Å². The summed E-state index contributed by atoms with van der Waals surface area (Å²) in [5.74, 6) is 1.33. The van der Waals surface area contributed by atoms with Crippen LogP contribution in [-0.2, 0) is 0 Å². The summed E-state index contributed by atoms with van der Waals surface area (Å²) in [4.78, 5) is 17.7. The lowest BCUT2D eigenvalue weighted by molar-refractivity contribution is 0.309. The van der Waals surface area contributed by atoms with Gasteiger partial charge in [-0.3, -0.25) is 4.79 Å². The third-order valence-electron chi connectivity index (χ3n) is 4.44. The molecule has 0 aliphatic rings. The zero-order valence-electron chi connectivity index (χ0n) is 16.4. The van der Waals surface area contributed by atoms with E-state index in [1.807, 2.05) is 60.7 Å². The number of thiazole rings is 1. The molecule has 0 amide bonds. The van der Waals surface area contributed by atoms with Crippen molar-refractivity contribution in [2.24, 2.45) is 0 Å². The Labute approximate surface area is 182 Å². The molecule has 152 valence electrons. The first-order valence-corrected chi connectivity index (χ1v) is 10.9. The number of ether oxygens (including phenoxy) is 1. The van der Waals surface area contributed by atoms with Crippen LogP contribution in [0.2, 0.25) is 5.02 Å². The molecular weight excluding hydrogens is 418 g/mol. The van der Waals surface area contributed by atoms with E-state index >= 15 is 0 Å². The van der Waals surface area contributed by atoms with Gasteiger partial charge in [0.15, 0.2) is 5.82 Å². The molecule has 4 aromatic rings. The number of nitrogens with zero attached hydrogens (tertiary/aromatic N) is 3. The molecule has 2 aromatic carbocycles. The fourth-order valence-electron chi connectivity index (χ4n) is 2.81. The third kappa shape index (κ3) is 4.78. The van der Waals surface area contributed by atoms with Gasteiger partial charge in [-0.1, -0.05) is 66.6 Å². The Morgan fingerprint density at radius 2 is 1.80 bits per heavy atom. The summed E-state index contributed by atoms with van der Waals surface area (Å²) < 4.78 is 7.62. The highest BCUT2D eigenvalue weighted by atomic mass is 35.5. The summed E-state index contributed by atoms with van der Waals surface area (Å²) in [5.41, 5.74) is 1.75. The zero-order valence-corrected chi connectivity index (χ0v) is 18.0. The average Bonchev–Trinajstić information content (AvgIpc) is 3.28. The number of hydrogen-bond donors (Lipinski definition) is 0. The Hall–Kier alpha value is -2.96.